The van der Waals surface area contributed by atoms with E-state index in [4.69, 9.17) is 60.2 Å². The van der Waals surface area contributed by atoms with Gasteiger partial charge in [0.05, 0.1) is 42.1 Å². The van der Waals surface area contributed by atoms with Crippen LogP contribution in [0, 0.1) is 11.8 Å². The maximum Gasteiger partial charge on any atom is 0.488 e. The predicted octanol–water partition coefficient (Wildman–Crippen LogP) is 7.85. The zero-order valence-electron chi connectivity index (χ0n) is 42.7. The first-order valence-electron chi connectivity index (χ1n) is 25.1. The van der Waals surface area contributed by atoms with Crippen LogP contribution in [0.15, 0.2) is 73.1 Å². The Morgan fingerprint density at radius 1 is 0.662 bits per heavy atom. The molecule has 0 bridgehead atoms. The number of hydrogen-bond acceptors (Lipinski definition) is 16. The summed E-state index contributed by atoms with van der Waals surface area (Å²) in [6, 6.07) is 16.2. The second kappa shape index (κ2) is 23.4. The van der Waals surface area contributed by atoms with E-state index in [9.17, 15) is 14.7 Å². The van der Waals surface area contributed by atoms with Gasteiger partial charge < -0.3 is 58.5 Å². The first-order chi connectivity index (χ1) is 35.3. The largest absolute Gasteiger partial charge is 0.508 e. The van der Waals surface area contributed by atoms with Gasteiger partial charge >= 0.3 is 19.3 Å². The van der Waals surface area contributed by atoms with Crippen LogP contribution in [-0.4, -0.2) is 143 Å². The van der Waals surface area contributed by atoms with Gasteiger partial charge in [-0.1, -0.05) is 23.7 Å². The van der Waals surface area contributed by atoms with E-state index in [0.717, 1.165) is 67.2 Å². The molecule has 4 fully saturated rings. The summed E-state index contributed by atoms with van der Waals surface area (Å²) >= 11 is 6.24. The minimum Gasteiger partial charge on any atom is -0.508 e. The lowest BCUT2D eigenvalue weighted by atomic mass is 9.80. The Kier molecular flexibility index (Phi) is 17.1. The minimum absolute atomic E-state index is 0.115. The lowest BCUT2D eigenvalue weighted by Crippen LogP contribution is -2.53. The number of benzene rings is 2. The normalized spacial score (nSPS) is 18.3. The molecule has 74 heavy (non-hydrogen) atoms. The highest BCUT2D eigenvalue weighted by Gasteiger charge is 2.36. The number of rotatable bonds is 10. The molecular weight excluding hydrogens is 975 g/mol. The fraction of sp³-hybridized carbons (Fsp3) is 0.500. The molecule has 10 rings (SSSR count). The average molecular weight is 1040 g/mol. The number of phenols is 2. The molecule has 0 radical (unpaired) electrons. The zero-order valence-corrected chi connectivity index (χ0v) is 43.5. The molecule has 0 saturated carbocycles. The average Bonchev–Trinajstić information content (AvgIpc) is 3.96. The Morgan fingerprint density at radius 2 is 1.11 bits per heavy atom. The van der Waals surface area contributed by atoms with Gasteiger partial charge in [0, 0.05) is 68.9 Å². The van der Waals surface area contributed by atoms with E-state index in [1.54, 1.807) is 45.1 Å². The summed E-state index contributed by atoms with van der Waals surface area (Å²) in [4.78, 5) is 37.0. The highest BCUT2D eigenvalue weighted by molar-refractivity contribution is 6.58. The van der Waals surface area contributed by atoms with E-state index >= 15 is 0 Å². The van der Waals surface area contributed by atoms with Crippen molar-refractivity contribution < 1.29 is 58.3 Å². The first kappa shape index (κ1) is 53.9. The van der Waals surface area contributed by atoms with Gasteiger partial charge in [0.2, 0.25) is 0 Å². The molecule has 4 aliphatic rings. The Balaban J connectivity index is 0.000000168. The lowest BCUT2D eigenvalue weighted by molar-refractivity contribution is -0.0371. The number of likely N-dealkylation sites (tertiary alicyclic amines) is 2. The van der Waals surface area contributed by atoms with E-state index < -0.39 is 18.3 Å². The SMILES string of the molecule is CC(C)(C)OC(=O)N1CC(COc2cc(-c3ccc(O)cc3)nc3c2cnn3C2CCCCO2)C1.CC(C)(C)OC(=O)N1CC(COc2cc(Cl)nc3c2cnn3C2CCCCO2)C1.OB(O)c1ccc(O)cc1. The van der Waals surface area contributed by atoms with Crippen LogP contribution in [-0.2, 0) is 18.9 Å². The number of fused-ring (bicyclic) bond motifs is 2. The molecule has 0 spiro atoms. The quantitative estimate of drug-likeness (QED) is 0.0755. The van der Waals surface area contributed by atoms with Crippen LogP contribution < -0.4 is 14.9 Å². The zero-order chi connectivity index (χ0) is 52.7. The van der Waals surface area contributed by atoms with Crippen molar-refractivity contribution in [3.05, 3.63) is 78.2 Å². The number of aromatic nitrogens is 6. The van der Waals surface area contributed by atoms with Crippen molar-refractivity contribution in [1.82, 2.24) is 39.3 Å². The standard InChI is InChI=1S/C26H32N4O5.C20H27ClN4O4.C6H7BO3/c1-26(2,3)35-25(32)29-14-17(15-29)16-34-22-12-21(18-7-9-19(31)10-8-18)28-24-20(22)13-27-30(24)23-6-4-5-11-33-23;1-20(2,3)29-19(26)24-10-13(11-24)12-28-15-8-16(21)23-18-14(15)9-22-25(18)17-6-4-5-7-27-17;8-6-3-1-5(2-4-6)7(9)10/h7-10,12-13,17,23,31H,4-6,11,14-16H2,1-3H3;8-9,13,17H,4-7,10-12H2,1-3H3;1-4,8-10H. The topological polar surface area (TPSA) is 238 Å². The Hall–Kier alpha value is -6.39. The van der Waals surface area contributed by atoms with Gasteiger partial charge in [-0.05, 0) is 122 Å². The Morgan fingerprint density at radius 3 is 1.54 bits per heavy atom. The number of halogens is 1. The highest BCUT2D eigenvalue weighted by Crippen LogP contribution is 2.36. The van der Waals surface area contributed by atoms with Crippen LogP contribution in [0.2, 0.25) is 5.15 Å². The Labute approximate surface area is 435 Å². The molecule has 20 nitrogen and oxygen atoms in total. The summed E-state index contributed by atoms with van der Waals surface area (Å²) in [5.74, 6) is 2.13. The Bertz CT molecular complexity index is 2830. The third-order valence-corrected chi connectivity index (χ3v) is 12.6. The highest BCUT2D eigenvalue weighted by atomic mass is 35.5. The van der Waals surface area contributed by atoms with Gasteiger partial charge in [0.1, 0.15) is 39.4 Å². The fourth-order valence-corrected chi connectivity index (χ4v) is 8.77. The van der Waals surface area contributed by atoms with Crippen LogP contribution in [0.5, 0.6) is 23.0 Å². The molecule has 2 atom stereocenters. The second-order valence-electron chi connectivity index (χ2n) is 20.9. The predicted molar refractivity (Wildman–Crippen MR) is 276 cm³/mol. The van der Waals surface area contributed by atoms with Crippen molar-refractivity contribution in [2.45, 2.75) is 104 Å². The second-order valence-corrected chi connectivity index (χ2v) is 21.3. The summed E-state index contributed by atoms with van der Waals surface area (Å²) in [5.41, 5.74) is 2.36. The van der Waals surface area contributed by atoms with E-state index in [0.29, 0.717) is 79.4 Å². The maximum atomic E-state index is 12.2. The molecule has 2 aromatic carbocycles. The van der Waals surface area contributed by atoms with Gasteiger partial charge in [-0.15, -0.1) is 0 Å². The maximum absolute atomic E-state index is 12.2. The number of hydrogen-bond donors (Lipinski definition) is 4. The summed E-state index contributed by atoms with van der Waals surface area (Å²) in [7, 11) is -1.46. The lowest BCUT2D eigenvalue weighted by Gasteiger charge is -2.39. The van der Waals surface area contributed by atoms with E-state index in [1.165, 1.54) is 24.3 Å². The number of phenolic OH excluding ortho intramolecular Hbond substituents is 2. The van der Waals surface area contributed by atoms with Gasteiger partial charge in [-0.25, -0.2) is 28.9 Å². The molecular formula is C52H66BClN8O12. The van der Waals surface area contributed by atoms with Crippen LogP contribution in [0.3, 0.4) is 0 Å². The van der Waals surface area contributed by atoms with Crippen LogP contribution in [0.1, 0.15) is 92.5 Å². The smallest absolute Gasteiger partial charge is 0.488 e. The number of carbonyl (C=O) groups excluding carboxylic acids is 2. The summed E-state index contributed by atoms with van der Waals surface area (Å²) in [5, 5.41) is 46.7. The van der Waals surface area contributed by atoms with Crippen LogP contribution in [0.25, 0.3) is 33.3 Å². The van der Waals surface area contributed by atoms with Crippen molar-refractivity contribution >= 4 is 58.4 Å². The molecule has 0 aliphatic carbocycles. The summed E-state index contributed by atoms with van der Waals surface area (Å²) < 4.78 is 38.6. The van der Waals surface area contributed by atoms with Gasteiger partial charge in [0.25, 0.3) is 0 Å². The van der Waals surface area contributed by atoms with Gasteiger partial charge in [0.15, 0.2) is 23.8 Å². The summed E-state index contributed by atoms with van der Waals surface area (Å²) in [6.45, 7) is 16.0. The molecule has 6 aromatic rings. The van der Waals surface area contributed by atoms with Crippen molar-refractivity contribution in [3.8, 4) is 34.3 Å². The van der Waals surface area contributed by atoms with E-state index in [1.807, 2.05) is 64.4 Å². The number of carbonyl (C=O) groups is 2. The first-order valence-corrected chi connectivity index (χ1v) is 25.5. The number of pyridine rings is 2. The third kappa shape index (κ3) is 14.1. The monoisotopic (exact) mass is 1040 g/mol. The molecule has 396 valence electrons. The molecule has 4 N–H and O–H groups in total. The van der Waals surface area contributed by atoms with Crippen molar-refractivity contribution in [2.24, 2.45) is 11.8 Å². The molecule has 8 heterocycles. The number of aromatic hydroxyl groups is 2. The van der Waals surface area contributed by atoms with Crippen molar-refractivity contribution in [3.63, 3.8) is 0 Å². The van der Waals surface area contributed by atoms with E-state index in [2.05, 4.69) is 15.2 Å². The minimum atomic E-state index is -1.46. The molecule has 4 saturated heterocycles. The van der Waals surface area contributed by atoms with E-state index in [-0.39, 0.29) is 48.0 Å². The molecule has 2 unspecified atom stereocenters. The van der Waals surface area contributed by atoms with Gasteiger partial charge in [-0.2, -0.15) is 10.2 Å². The molecule has 2 amide bonds. The fourth-order valence-electron chi connectivity index (χ4n) is 8.59. The third-order valence-electron chi connectivity index (χ3n) is 12.4. The number of ether oxygens (including phenoxy) is 6. The molecule has 4 aromatic heterocycles. The van der Waals surface area contributed by atoms with Crippen LogP contribution >= 0.6 is 11.6 Å². The van der Waals surface area contributed by atoms with Crippen molar-refractivity contribution in [1.29, 1.82) is 0 Å². The molecule has 22 heteroatoms. The van der Waals surface area contributed by atoms with Crippen LogP contribution in [0.4, 0.5) is 9.59 Å². The summed E-state index contributed by atoms with van der Waals surface area (Å²) in [6.07, 6.45) is 8.81. The number of amides is 2. The van der Waals surface area contributed by atoms with Crippen molar-refractivity contribution in [2.75, 3.05) is 52.6 Å². The molecule has 4 aliphatic heterocycles. The van der Waals surface area contributed by atoms with Gasteiger partial charge in [-0.3, -0.25) is 0 Å². The number of nitrogens with zero attached hydrogens (tertiary/aromatic N) is 8.